The van der Waals surface area contributed by atoms with E-state index < -0.39 is 75.6 Å². The average Bonchev–Trinajstić information content (AvgIpc) is 2.93. The van der Waals surface area contributed by atoms with Gasteiger partial charge in [-0.2, -0.15) is 8.61 Å². The number of sulfonamides is 2. The predicted molar refractivity (Wildman–Crippen MR) is 147 cm³/mol. The van der Waals surface area contributed by atoms with Crippen molar-refractivity contribution in [2.24, 2.45) is 0 Å². The molecule has 0 spiro atoms. The number of aliphatic hydroxyl groups excluding tert-OH is 1. The topological polar surface area (TPSA) is 227 Å². The van der Waals surface area contributed by atoms with Crippen LogP contribution in [0.1, 0.15) is 0 Å². The quantitative estimate of drug-likeness (QED) is 0.159. The summed E-state index contributed by atoms with van der Waals surface area (Å²) in [5.74, 6) is -4.56. The predicted octanol–water partition coefficient (Wildman–Crippen LogP) is -3.08. The number of carbonyl (C=O) groups excluding carboxylic acids is 2. The first-order chi connectivity index (χ1) is 19.6. The number of aliphatic hydroxyl groups is 1. The van der Waals surface area contributed by atoms with Gasteiger partial charge in [0.25, 0.3) is 0 Å². The first kappa shape index (κ1) is 45.8. The number of carboxylic acids is 2. The van der Waals surface area contributed by atoms with Crippen molar-refractivity contribution in [2.45, 2.75) is 21.9 Å². The number of esters is 1. The van der Waals surface area contributed by atoms with Crippen molar-refractivity contribution in [2.75, 3.05) is 33.4 Å². The number of piperazine rings is 1. The summed E-state index contributed by atoms with van der Waals surface area (Å²) in [6.45, 7) is -2.81. The molecule has 0 saturated carbocycles. The Bertz CT molecular complexity index is 1540. The third-order valence-corrected chi connectivity index (χ3v) is 9.39. The molecule has 1 amide bonds. The van der Waals surface area contributed by atoms with E-state index in [4.69, 9.17) is 31.0 Å². The first-order valence-electron chi connectivity index (χ1n) is 11.6. The summed E-state index contributed by atoms with van der Waals surface area (Å²) in [5.41, 5.74) is 0.693. The van der Waals surface area contributed by atoms with Gasteiger partial charge in [0.1, 0.15) is 34.3 Å². The van der Waals surface area contributed by atoms with E-state index in [9.17, 15) is 36.0 Å². The van der Waals surface area contributed by atoms with E-state index in [0.29, 0.717) is 19.5 Å². The SMILES string of the molecule is [B]c1ccc(S(=O)(=O)N(CC(=O)OC)C(CO)C(=O)O)cc1.[B]c1ccc(S(=O)(=O)N2CC(=O)[N-]CC2C(=O)O)cc1.[W].[W].[Y]. The first-order valence-corrected chi connectivity index (χ1v) is 14.5. The Morgan fingerprint density at radius 3 is 1.84 bits per heavy atom. The van der Waals surface area contributed by atoms with Crippen LogP contribution in [-0.4, -0.2) is 126 Å². The van der Waals surface area contributed by atoms with Crippen molar-refractivity contribution in [3.05, 3.63) is 53.8 Å². The Morgan fingerprint density at radius 2 is 1.44 bits per heavy atom. The van der Waals surface area contributed by atoms with Crippen LogP contribution in [-0.2, 0) is 119 Å². The summed E-state index contributed by atoms with van der Waals surface area (Å²) in [5, 5.41) is 30.7. The molecule has 2 unspecified atom stereocenters. The van der Waals surface area contributed by atoms with Gasteiger partial charge in [-0.1, -0.05) is 35.2 Å². The Balaban J connectivity index is 0. The number of hydrogen-bond acceptors (Lipinski definition) is 10. The van der Waals surface area contributed by atoms with Crippen LogP contribution in [0.15, 0.2) is 58.3 Å². The summed E-state index contributed by atoms with van der Waals surface area (Å²) >= 11 is 0. The molecule has 0 aromatic heterocycles. The molecule has 1 fully saturated rings. The van der Waals surface area contributed by atoms with Gasteiger partial charge in [-0.15, -0.1) is 6.54 Å². The van der Waals surface area contributed by atoms with Gasteiger partial charge in [0, 0.05) is 74.8 Å². The van der Waals surface area contributed by atoms with Crippen molar-refractivity contribution in [1.29, 1.82) is 0 Å². The van der Waals surface area contributed by atoms with Gasteiger partial charge in [0.05, 0.1) is 36.0 Å². The van der Waals surface area contributed by atoms with Gasteiger partial charge in [-0.05, 0) is 24.3 Å². The van der Waals surface area contributed by atoms with Gasteiger partial charge < -0.3 is 30.2 Å². The molecule has 2 aromatic carbocycles. The Morgan fingerprint density at radius 1 is 0.978 bits per heavy atom. The molecule has 0 aliphatic carbocycles. The van der Waals surface area contributed by atoms with Gasteiger partial charge in [0.15, 0.2) is 0 Å². The number of nitrogens with zero attached hydrogens (tertiary/aromatic N) is 3. The second-order valence-corrected chi connectivity index (χ2v) is 12.2. The van der Waals surface area contributed by atoms with Crippen molar-refractivity contribution in [3.63, 3.8) is 0 Å². The van der Waals surface area contributed by atoms with Crippen LogP contribution >= 0.6 is 0 Å². The summed E-state index contributed by atoms with van der Waals surface area (Å²) in [6.07, 6.45) is 0. The van der Waals surface area contributed by atoms with E-state index >= 15 is 0 Å². The van der Waals surface area contributed by atoms with Crippen molar-refractivity contribution >= 4 is 70.5 Å². The van der Waals surface area contributed by atoms with Crippen molar-refractivity contribution in [3.8, 4) is 0 Å². The average molecular weight is 1080 g/mol. The maximum atomic E-state index is 12.5. The number of ether oxygens (including phenoxy) is 1. The number of carboxylic acid groups (broad SMARTS) is 2. The second kappa shape index (κ2) is 20.2. The zero-order valence-corrected chi connectivity index (χ0v) is 33.7. The van der Waals surface area contributed by atoms with Crippen LogP contribution in [0.25, 0.3) is 5.32 Å². The minimum absolute atomic E-state index is 0. The molecule has 2 aromatic rings. The molecule has 45 heavy (non-hydrogen) atoms. The molecule has 1 aliphatic heterocycles. The number of methoxy groups -OCH3 is 1. The fourth-order valence-corrected chi connectivity index (χ4v) is 6.46. The monoisotopic (exact) mass is 1080 g/mol. The van der Waals surface area contributed by atoms with E-state index in [1.54, 1.807) is 0 Å². The number of hydrogen-bond donors (Lipinski definition) is 3. The number of benzene rings is 2. The minimum Gasteiger partial charge on any atom is -0.650 e. The summed E-state index contributed by atoms with van der Waals surface area (Å²) in [6, 6.07) is 7.08. The van der Waals surface area contributed by atoms with Gasteiger partial charge in [-0.25, -0.2) is 16.8 Å². The fraction of sp³-hybridized carbons (Fsp3) is 0.304. The third kappa shape index (κ3) is 12.3. The van der Waals surface area contributed by atoms with E-state index in [1.165, 1.54) is 48.5 Å². The Hall–Kier alpha value is -1.29. The minimum atomic E-state index is -4.34. The van der Waals surface area contributed by atoms with Crippen LogP contribution in [0.5, 0.6) is 0 Å². The Kier molecular flexibility index (Phi) is 20.5. The van der Waals surface area contributed by atoms with Crippen LogP contribution in [0.2, 0.25) is 0 Å². The maximum absolute atomic E-state index is 12.5. The molecule has 1 aliphatic rings. The number of carbonyl (C=O) groups is 4. The van der Waals surface area contributed by atoms with Crippen LogP contribution in [0.4, 0.5) is 0 Å². The van der Waals surface area contributed by atoms with E-state index in [-0.39, 0.29) is 91.2 Å². The van der Waals surface area contributed by atoms with E-state index in [1.807, 2.05) is 0 Å². The number of amides is 1. The molecule has 3 rings (SSSR count). The summed E-state index contributed by atoms with van der Waals surface area (Å²) in [4.78, 5) is 44.5. The number of rotatable bonds is 10. The van der Waals surface area contributed by atoms with Gasteiger partial charge in [-0.3, -0.25) is 14.4 Å². The molecular formula is C23H24B2N3O12S2W2Y-. The molecule has 237 valence electrons. The molecule has 0 bridgehead atoms. The standard InChI is InChI=1S/C12H14BNO7S.C11H11BN2O5S.2W.Y/c1-21-11(16)6-14(10(7-15)12(17)18)22(19,20)9-4-2-8(13)3-5-9;12-7-1-3-8(4-2-7)20(18,19)14-6-10(15)13-5-9(14)11(16)17;;;/h2-5,10,15H,6-7H2,1H3,(H,17,18);1-4,9H,5-6H2,(H2,13,15,16,17);;;/p-1. The van der Waals surface area contributed by atoms with Crippen LogP contribution in [0, 0.1) is 0 Å². The van der Waals surface area contributed by atoms with E-state index in [0.717, 1.165) is 7.11 Å². The molecule has 1 heterocycles. The molecule has 22 heteroatoms. The zero-order chi connectivity index (χ0) is 31.8. The molecule has 3 N–H and O–H groups in total. The normalized spacial score (nSPS) is 15.4. The summed E-state index contributed by atoms with van der Waals surface area (Å²) < 4.78 is 55.2. The molecule has 1 saturated heterocycles. The largest absolute Gasteiger partial charge is 0.650 e. The maximum Gasteiger partial charge on any atom is 0.324 e. The molecule has 15 nitrogen and oxygen atoms in total. The van der Waals surface area contributed by atoms with Crippen LogP contribution < -0.4 is 10.9 Å². The molecular weight excluding hydrogens is 1050 g/mol. The summed E-state index contributed by atoms with van der Waals surface area (Å²) in [7, 11) is 3.54. The van der Waals surface area contributed by atoms with Crippen molar-refractivity contribution in [1.82, 2.24) is 8.61 Å². The van der Waals surface area contributed by atoms with Gasteiger partial charge in [0.2, 0.25) is 20.0 Å². The number of aliphatic carboxylic acids is 2. The third-order valence-electron chi connectivity index (χ3n) is 5.66. The fourth-order valence-electron chi connectivity index (χ4n) is 3.42. The Labute approximate surface area is 316 Å². The smallest absolute Gasteiger partial charge is 0.324 e. The second-order valence-electron chi connectivity index (χ2n) is 8.44. The zero-order valence-electron chi connectivity index (χ0n) is 23.3. The van der Waals surface area contributed by atoms with Crippen LogP contribution in [0.3, 0.4) is 0 Å². The molecule has 2 atom stereocenters. The molecule has 5 radical (unpaired) electrons. The van der Waals surface area contributed by atoms with Gasteiger partial charge >= 0.3 is 17.9 Å². The van der Waals surface area contributed by atoms with Crippen molar-refractivity contribution < 1.29 is 131 Å². The van der Waals surface area contributed by atoms with E-state index in [2.05, 4.69) is 10.1 Å².